The fourth-order valence-electron chi connectivity index (χ4n) is 8.37. The highest BCUT2D eigenvalue weighted by Crippen LogP contribution is 2.38. The summed E-state index contributed by atoms with van der Waals surface area (Å²) < 4.78 is 6.29. The second-order valence-electron chi connectivity index (χ2n) is 15.0. The van der Waals surface area contributed by atoms with Crippen LogP contribution < -0.4 is 0 Å². The smallest absolute Gasteiger partial charge is 0.164 e. The molecule has 0 spiro atoms. The van der Waals surface area contributed by atoms with E-state index in [2.05, 4.69) is 121 Å². The van der Waals surface area contributed by atoms with Crippen LogP contribution in [0.15, 0.2) is 199 Å². The van der Waals surface area contributed by atoms with Crippen molar-refractivity contribution in [3.05, 3.63) is 194 Å². The summed E-state index contributed by atoms with van der Waals surface area (Å²) in [4.78, 5) is 17.2. The zero-order chi connectivity index (χ0) is 39.6. The van der Waals surface area contributed by atoms with Crippen LogP contribution >= 0.6 is 0 Å². The molecule has 60 heavy (non-hydrogen) atoms. The van der Waals surface area contributed by atoms with E-state index in [1.807, 2.05) is 72.8 Å². The summed E-state index contributed by atoms with van der Waals surface area (Å²) in [5.74, 6) is 1.75. The Morgan fingerprint density at radius 2 is 0.967 bits per heavy atom. The number of para-hydroxylation sites is 2. The van der Waals surface area contributed by atoms with Crippen molar-refractivity contribution >= 4 is 54.5 Å². The van der Waals surface area contributed by atoms with Crippen LogP contribution in [0.25, 0.3) is 117 Å². The van der Waals surface area contributed by atoms with Gasteiger partial charge in [-0.15, -0.1) is 10.2 Å². The van der Waals surface area contributed by atoms with Gasteiger partial charge in [0.15, 0.2) is 17.5 Å². The van der Waals surface area contributed by atoms with Gasteiger partial charge in [0.05, 0.1) is 5.69 Å². The molecule has 280 valence electrons. The summed E-state index contributed by atoms with van der Waals surface area (Å²) in [6.45, 7) is 0. The predicted molar refractivity (Wildman–Crippen MR) is 242 cm³/mol. The van der Waals surface area contributed by atoms with Gasteiger partial charge >= 0.3 is 0 Å². The van der Waals surface area contributed by atoms with Crippen LogP contribution in [0.5, 0.6) is 0 Å². The van der Waals surface area contributed by atoms with Crippen LogP contribution in [-0.4, -0.2) is 29.9 Å². The third-order valence-electron chi connectivity index (χ3n) is 11.3. The molecule has 7 heteroatoms. The van der Waals surface area contributed by atoms with Crippen molar-refractivity contribution in [1.29, 1.82) is 0 Å². The molecule has 7 nitrogen and oxygen atoms in total. The van der Waals surface area contributed by atoms with E-state index < -0.39 is 0 Å². The zero-order valence-corrected chi connectivity index (χ0v) is 32.1. The molecular weight excluding hydrogens is 737 g/mol. The van der Waals surface area contributed by atoms with Gasteiger partial charge in [0.1, 0.15) is 22.2 Å². The van der Waals surface area contributed by atoms with E-state index in [-0.39, 0.29) is 0 Å². The molecule has 12 rings (SSSR count). The zero-order valence-electron chi connectivity index (χ0n) is 32.1. The minimum absolute atomic E-state index is 0.578. The third-order valence-corrected chi connectivity index (χ3v) is 11.3. The van der Waals surface area contributed by atoms with Crippen molar-refractivity contribution in [2.75, 3.05) is 0 Å². The number of fused-ring (bicyclic) bond motifs is 8. The van der Waals surface area contributed by atoms with Gasteiger partial charge in [0.25, 0.3) is 0 Å². The molecule has 3 aromatic heterocycles. The van der Waals surface area contributed by atoms with Crippen molar-refractivity contribution < 1.29 is 4.42 Å². The first-order valence-corrected chi connectivity index (χ1v) is 19.9. The topological polar surface area (TPSA) is 82.5 Å². The lowest BCUT2D eigenvalue weighted by Crippen LogP contribution is -2.00. The number of rotatable bonds is 6. The minimum Gasteiger partial charge on any atom is -0.456 e. The molecule has 0 bridgehead atoms. The Morgan fingerprint density at radius 1 is 0.367 bits per heavy atom. The van der Waals surface area contributed by atoms with Gasteiger partial charge in [-0.1, -0.05) is 152 Å². The standard InChI is InChI=1S/C53H32N6O/c1-3-11-33(12-4-1)34-21-26-37(27-22-34)51-54-52(56-53(55-51)43-18-10-20-47-49(43)42-17-7-8-19-46(42)60-47)40-14-9-13-38(31-40)39-28-24-35-23-25-36-29-30-45-50(48(36)44(35)32-39)58-59(57-45)41-15-5-2-6-16-41/h1-32H. The fraction of sp³-hybridized carbons (Fsp3) is 0. The average Bonchev–Trinajstić information content (AvgIpc) is 3.94. The maximum atomic E-state index is 6.29. The van der Waals surface area contributed by atoms with E-state index in [4.69, 9.17) is 29.6 Å². The lowest BCUT2D eigenvalue weighted by Gasteiger charge is -2.11. The van der Waals surface area contributed by atoms with Crippen LogP contribution in [-0.2, 0) is 0 Å². The van der Waals surface area contributed by atoms with Crippen LogP contribution in [0.3, 0.4) is 0 Å². The lowest BCUT2D eigenvalue weighted by atomic mass is 9.95. The molecule has 0 amide bonds. The number of benzene rings is 9. The van der Waals surface area contributed by atoms with Gasteiger partial charge in [-0.3, -0.25) is 0 Å². The molecule has 9 aromatic carbocycles. The molecule has 0 aliphatic rings. The molecular formula is C53H32N6O. The molecule has 0 atom stereocenters. The first-order valence-electron chi connectivity index (χ1n) is 19.9. The summed E-state index contributed by atoms with van der Waals surface area (Å²) in [7, 11) is 0. The highest BCUT2D eigenvalue weighted by Gasteiger charge is 2.19. The third kappa shape index (κ3) is 5.71. The number of hydrogen-bond donors (Lipinski definition) is 0. The van der Waals surface area contributed by atoms with Crippen molar-refractivity contribution in [2.24, 2.45) is 0 Å². The van der Waals surface area contributed by atoms with Crippen molar-refractivity contribution in [1.82, 2.24) is 29.9 Å². The molecule has 0 fully saturated rings. The average molecular weight is 769 g/mol. The molecule has 0 saturated heterocycles. The van der Waals surface area contributed by atoms with Crippen LogP contribution in [0.2, 0.25) is 0 Å². The van der Waals surface area contributed by atoms with Gasteiger partial charge in [-0.05, 0) is 80.9 Å². The van der Waals surface area contributed by atoms with E-state index in [9.17, 15) is 0 Å². The van der Waals surface area contributed by atoms with Crippen molar-refractivity contribution in [3.63, 3.8) is 0 Å². The first-order chi connectivity index (χ1) is 29.7. The number of aromatic nitrogens is 6. The van der Waals surface area contributed by atoms with Crippen molar-refractivity contribution in [3.8, 4) is 62.1 Å². The summed E-state index contributed by atoms with van der Waals surface area (Å²) in [6.07, 6.45) is 0. The molecule has 0 radical (unpaired) electrons. The Labute approximate surface area is 343 Å². The van der Waals surface area contributed by atoms with Crippen LogP contribution in [0.1, 0.15) is 0 Å². The van der Waals surface area contributed by atoms with E-state index in [1.54, 1.807) is 4.80 Å². The largest absolute Gasteiger partial charge is 0.456 e. The Bertz CT molecular complexity index is 3590. The quantitative estimate of drug-likeness (QED) is 0.157. The lowest BCUT2D eigenvalue weighted by molar-refractivity contribution is 0.669. The first kappa shape index (κ1) is 33.8. The Balaban J connectivity index is 1.01. The van der Waals surface area contributed by atoms with Gasteiger partial charge < -0.3 is 4.42 Å². The number of furan rings is 1. The minimum atomic E-state index is 0.578. The second-order valence-corrected chi connectivity index (χ2v) is 15.0. The van der Waals surface area contributed by atoms with E-state index >= 15 is 0 Å². The summed E-state index contributed by atoms with van der Waals surface area (Å²) >= 11 is 0. The summed E-state index contributed by atoms with van der Waals surface area (Å²) in [5.41, 5.74) is 11.3. The molecule has 0 aliphatic heterocycles. The predicted octanol–water partition coefficient (Wildman–Crippen LogP) is 13.1. The van der Waals surface area contributed by atoms with Gasteiger partial charge in [0, 0.05) is 32.8 Å². The molecule has 12 aromatic rings. The maximum absolute atomic E-state index is 6.29. The van der Waals surface area contributed by atoms with Crippen LogP contribution in [0, 0.1) is 0 Å². The van der Waals surface area contributed by atoms with E-state index in [1.165, 1.54) is 0 Å². The van der Waals surface area contributed by atoms with Gasteiger partial charge in [-0.25, -0.2) is 15.0 Å². The fourth-order valence-corrected chi connectivity index (χ4v) is 8.37. The highest BCUT2D eigenvalue weighted by molar-refractivity contribution is 6.19. The van der Waals surface area contributed by atoms with Gasteiger partial charge in [-0.2, -0.15) is 4.80 Å². The Kier molecular flexibility index (Phi) is 7.71. The van der Waals surface area contributed by atoms with E-state index in [0.717, 1.165) is 99.1 Å². The number of nitrogens with zero attached hydrogens (tertiary/aromatic N) is 6. The molecule has 0 saturated carbocycles. The van der Waals surface area contributed by atoms with Crippen molar-refractivity contribution in [2.45, 2.75) is 0 Å². The Hall–Kier alpha value is -8.29. The molecule has 0 unspecified atom stereocenters. The monoisotopic (exact) mass is 768 g/mol. The molecule has 0 N–H and O–H groups in total. The van der Waals surface area contributed by atoms with Gasteiger partial charge in [0.2, 0.25) is 0 Å². The van der Waals surface area contributed by atoms with E-state index in [0.29, 0.717) is 17.5 Å². The SMILES string of the molecule is c1ccc(-c2ccc(-c3nc(-c4cccc(-c5ccc6ccc7ccc8nn(-c9ccccc9)nc8c7c6c5)c4)nc(-c4cccc5oc6ccccc6c45)n3)cc2)cc1. The normalized spacial score (nSPS) is 11.7. The summed E-state index contributed by atoms with van der Waals surface area (Å²) in [5, 5.41) is 16.3. The Morgan fingerprint density at radius 3 is 1.83 bits per heavy atom. The molecule has 0 aliphatic carbocycles. The maximum Gasteiger partial charge on any atom is 0.164 e. The molecule has 3 heterocycles. The summed E-state index contributed by atoms with van der Waals surface area (Å²) in [6, 6.07) is 66.6. The number of hydrogen-bond acceptors (Lipinski definition) is 6. The second kappa shape index (κ2) is 13.7. The van der Waals surface area contributed by atoms with Crippen LogP contribution in [0.4, 0.5) is 0 Å². The highest BCUT2D eigenvalue weighted by atomic mass is 16.3.